The Hall–Kier alpha value is -1.34. The molecule has 0 aromatic heterocycles. The average molecular weight is 230 g/mol. The first-order chi connectivity index (χ1) is 7.58. The minimum Gasteiger partial charge on any atom is -0.488 e. The zero-order valence-corrected chi connectivity index (χ0v) is 8.48. The van der Waals surface area contributed by atoms with Gasteiger partial charge in [-0.15, -0.1) is 0 Å². The van der Waals surface area contributed by atoms with Gasteiger partial charge in [0.2, 0.25) is 0 Å². The predicted molar refractivity (Wildman–Crippen MR) is 53.9 cm³/mol. The molecule has 0 aliphatic carbocycles. The maximum atomic E-state index is 8.56. The zero-order valence-electron chi connectivity index (χ0n) is 8.48. The number of hydrogen-bond acceptors (Lipinski definition) is 6. The first-order valence-corrected chi connectivity index (χ1v) is 4.66. The van der Waals surface area contributed by atoms with Crippen molar-refractivity contribution in [3.05, 3.63) is 24.3 Å². The van der Waals surface area contributed by atoms with Crippen molar-refractivity contribution >= 4 is 0 Å². The van der Waals surface area contributed by atoms with Gasteiger partial charge in [-0.3, -0.25) is 0 Å². The Balaban J connectivity index is 2.41. The Kier molecular flexibility index (Phi) is 5.00. The summed E-state index contributed by atoms with van der Waals surface area (Å²) >= 11 is 0. The van der Waals surface area contributed by atoms with Gasteiger partial charge in [0.1, 0.15) is 24.7 Å². The lowest BCUT2D eigenvalue weighted by Crippen LogP contribution is -2.16. The molecule has 0 amide bonds. The highest BCUT2D eigenvalue weighted by molar-refractivity contribution is 5.31. The summed E-state index contributed by atoms with van der Waals surface area (Å²) in [4.78, 5) is 0. The third kappa shape index (κ3) is 4.94. The molecule has 0 atom stereocenters. The summed E-state index contributed by atoms with van der Waals surface area (Å²) in [6, 6.07) is 6.28. The summed E-state index contributed by atoms with van der Waals surface area (Å²) in [6.07, 6.45) is -3.03. The number of hydrogen-bond donors (Lipinski definition) is 4. The van der Waals surface area contributed by atoms with Gasteiger partial charge < -0.3 is 29.9 Å². The lowest BCUT2D eigenvalue weighted by Gasteiger charge is -2.09. The summed E-state index contributed by atoms with van der Waals surface area (Å²) < 4.78 is 9.99. The molecule has 1 aromatic carbocycles. The van der Waals surface area contributed by atoms with Crippen molar-refractivity contribution in [1.82, 2.24) is 0 Å². The third-order valence-electron chi connectivity index (χ3n) is 1.62. The minimum atomic E-state index is -1.51. The SMILES string of the molecule is OC(O)COc1ccc(OCC(O)O)cc1. The summed E-state index contributed by atoms with van der Waals surface area (Å²) in [5.41, 5.74) is 0. The third-order valence-corrected chi connectivity index (χ3v) is 1.62. The lowest BCUT2D eigenvalue weighted by molar-refractivity contribution is -0.0691. The van der Waals surface area contributed by atoms with E-state index in [2.05, 4.69) is 0 Å². The molecule has 0 fully saturated rings. The number of benzene rings is 1. The molecule has 0 spiro atoms. The van der Waals surface area contributed by atoms with Gasteiger partial charge in [-0.1, -0.05) is 0 Å². The number of aliphatic hydroxyl groups is 4. The van der Waals surface area contributed by atoms with Gasteiger partial charge in [0, 0.05) is 0 Å². The summed E-state index contributed by atoms with van der Waals surface area (Å²) in [5, 5.41) is 34.3. The fraction of sp³-hybridized carbons (Fsp3) is 0.400. The van der Waals surface area contributed by atoms with E-state index in [4.69, 9.17) is 29.9 Å². The molecular formula is C10H14O6. The average Bonchev–Trinajstić information content (AvgIpc) is 2.25. The number of aliphatic hydroxyl groups excluding tert-OH is 2. The van der Waals surface area contributed by atoms with Crippen LogP contribution >= 0.6 is 0 Å². The molecule has 1 aromatic rings. The molecule has 16 heavy (non-hydrogen) atoms. The Morgan fingerprint density at radius 3 is 1.31 bits per heavy atom. The van der Waals surface area contributed by atoms with Gasteiger partial charge in [0.25, 0.3) is 0 Å². The van der Waals surface area contributed by atoms with Crippen LogP contribution in [0.4, 0.5) is 0 Å². The van der Waals surface area contributed by atoms with E-state index in [1.54, 1.807) is 24.3 Å². The lowest BCUT2D eigenvalue weighted by atomic mass is 10.3. The van der Waals surface area contributed by atoms with Gasteiger partial charge in [-0.25, -0.2) is 0 Å². The highest BCUT2D eigenvalue weighted by Gasteiger charge is 2.01. The van der Waals surface area contributed by atoms with Gasteiger partial charge in [-0.2, -0.15) is 0 Å². The molecule has 0 saturated heterocycles. The molecule has 0 aliphatic heterocycles. The minimum absolute atomic E-state index is 0.213. The molecule has 0 aliphatic rings. The van der Waals surface area contributed by atoms with Crippen LogP contribution < -0.4 is 9.47 Å². The van der Waals surface area contributed by atoms with Crippen molar-refractivity contribution in [1.29, 1.82) is 0 Å². The van der Waals surface area contributed by atoms with Crippen LogP contribution in [-0.2, 0) is 0 Å². The molecule has 4 N–H and O–H groups in total. The maximum Gasteiger partial charge on any atom is 0.186 e. The molecule has 6 heteroatoms. The van der Waals surface area contributed by atoms with E-state index in [1.807, 2.05) is 0 Å². The van der Waals surface area contributed by atoms with E-state index in [1.165, 1.54) is 0 Å². The van der Waals surface area contributed by atoms with Crippen molar-refractivity contribution in [2.24, 2.45) is 0 Å². The van der Waals surface area contributed by atoms with E-state index in [0.717, 1.165) is 0 Å². The van der Waals surface area contributed by atoms with Crippen molar-refractivity contribution in [2.45, 2.75) is 12.6 Å². The molecule has 90 valence electrons. The Morgan fingerprint density at radius 2 is 1.06 bits per heavy atom. The Bertz CT molecular complexity index is 264. The normalized spacial score (nSPS) is 10.9. The monoisotopic (exact) mass is 230 g/mol. The van der Waals surface area contributed by atoms with Crippen LogP contribution in [0, 0.1) is 0 Å². The van der Waals surface area contributed by atoms with Crippen LogP contribution in [0.1, 0.15) is 0 Å². The van der Waals surface area contributed by atoms with Gasteiger partial charge in [0.05, 0.1) is 0 Å². The molecule has 0 unspecified atom stereocenters. The van der Waals surface area contributed by atoms with E-state index in [-0.39, 0.29) is 13.2 Å². The van der Waals surface area contributed by atoms with Crippen LogP contribution in [0.15, 0.2) is 24.3 Å². The van der Waals surface area contributed by atoms with Crippen LogP contribution in [-0.4, -0.2) is 46.2 Å². The van der Waals surface area contributed by atoms with Crippen LogP contribution in [0.3, 0.4) is 0 Å². The highest BCUT2D eigenvalue weighted by Crippen LogP contribution is 2.17. The second-order valence-corrected chi connectivity index (χ2v) is 3.05. The van der Waals surface area contributed by atoms with E-state index in [9.17, 15) is 0 Å². The molecule has 6 nitrogen and oxygen atoms in total. The summed E-state index contributed by atoms with van der Waals surface area (Å²) in [5.74, 6) is 0.926. The van der Waals surface area contributed by atoms with Crippen molar-refractivity contribution in [3.8, 4) is 11.5 Å². The molecule has 0 radical (unpaired) electrons. The molecule has 0 saturated carbocycles. The first-order valence-electron chi connectivity index (χ1n) is 4.66. The fourth-order valence-electron chi connectivity index (χ4n) is 0.974. The number of ether oxygens (including phenoxy) is 2. The van der Waals surface area contributed by atoms with E-state index >= 15 is 0 Å². The molecule has 1 rings (SSSR count). The Morgan fingerprint density at radius 1 is 0.750 bits per heavy atom. The zero-order chi connectivity index (χ0) is 12.0. The topological polar surface area (TPSA) is 99.4 Å². The molecular weight excluding hydrogens is 216 g/mol. The maximum absolute atomic E-state index is 8.56. The largest absolute Gasteiger partial charge is 0.488 e. The van der Waals surface area contributed by atoms with E-state index in [0.29, 0.717) is 11.5 Å². The smallest absolute Gasteiger partial charge is 0.186 e. The van der Waals surface area contributed by atoms with Crippen molar-refractivity contribution in [3.63, 3.8) is 0 Å². The van der Waals surface area contributed by atoms with E-state index < -0.39 is 12.6 Å². The van der Waals surface area contributed by atoms with Crippen LogP contribution in [0.2, 0.25) is 0 Å². The second kappa shape index (κ2) is 6.29. The predicted octanol–water partition coefficient (Wildman–Crippen LogP) is -0.934. The van der Waals surface area contributed by atoms with Gasteiger partial charge >= 0.3 is 0 Å². The fourth-order valence-corrected chi connectivity index (χ4v) is 0.974. The van der Waals surface area contributed by atoms with Crippen LogP contribution in [0.5, 0.6) is 11.5 Å². The van der Waals surface area contributed by atoms with Crippen LogP contribution in [0.25, 0.3) is 0 Å². The molecule has 0 bridgehead atoms. The van der Waals surface area contributed by atoms with Crippen molar-refractivity contribution < 1.29 is 29.9 Å². The Labute approximate surface area is 92.3 Å². The van der Waals surface area contributed by atoms with Crippen molar-refractivity contribution in [2.75, 3.05) is 13.2 Å². The van der Waals surface area contributed by atoms with Gasteiger partial charge in [0.15, 0.2) is 12.6 Å². The quantitative estimate of drug-likeness (QED) is 0.471. The summed E-state index contributed by atoms with van der Waals surface area (Å²) in [6.45, 7) is -0.425. The second-order valence-electron chi connectivity index (χ2n) is 3.05. The first kappa shape index (κ1) is 12.7. The molecule has 0 heterocycles. The number of rotatable bonds is 6. The highest BCUT2D eigenvalue weighted by atomic mass is 16.5. The standard InChI is InChI=1S/C10H14O6/c11-9(12)5-15-7-1-2-8(4-3-7)16-6-10(13)14/h1-4,9-14H,5-6H2. The summed E-state index contributed by atoms with van der Waals surface area (Å²) in [7, 11) is 0. The van der Waals surface area contributed by atoms with Gasteiger partial charge in [-0.05, 0) is 24.3 Å².